The van der Waals surface area contributed by atoms with Crippen LogP contribution in [0.5, 0.6) is 5.75 Å². The van der Waals surface area contributed by atoms with Crippen molar-refractivity contribution >= 4 is 11.6 Å². The van der Waals surface area contributed by atoms with E-state index in [1.807, 2.05) is 24.3 Å². The maximum absolute atomic E-state index is 12.4. The van der Waals surface area contributed by atoms with Crippen molar-refractivity contribution in [2.24, 2.45) is 5.73 Å². The van der Waals surface area contributed by atoms with E-state index < -0.39 is 0 Å². The zero-order valence-corrected chi connectivity index (χ0v) is 13.8. The van der Waals surface area contributed by atoms with E-state index in [2.05, 4.69) is 29.6 Å². The molecule has 1 aliphatic carbocycles. The predicted octanol–water partition coefficient (Wildman–Crippen LogP) is 3.47. The summed E-state index contributed by atoms with van der Waals surface area (Å²) in [5.41, 5.74) is 8.94. The molecule has 0 aromatic heterocycles. The van der Waals surface area contributed by atoms with E-state index in [4.69, 9.17) is 10.5 Å². The average molecular weight is 324 g/mol. The van der Waals surface area contributed by atoms with Gasteiger partial charge in [0.05, 0.1) is 0 Å². The van der Waals surface area contributed by atoms with Crippen molar-refractivity contribution in [3.8, 4) is 5.75 Å². The fourth-order valence-corrected chi connectivity index (χ4v) is 3.31. The predicted molar refractivity (Wildman–Crippen MR) is 96.4 cm³/mol. The molecule has 24 heavy (non-hydrogen) atoms. The van der Waals surface area contributed by atoms with Crippen molar-refractivity contribution in [2.45, 2.75) is 31.6 Å². The number of benzene rings is 2. The molecule has 1 atom stereocenters. The lowest BCUT2D eigenvalue weighted by molar-refractivity contribution is -0.116. The van der Waals surface area contributed by atoms with Gasteiger partial charge in [-0.05, 0) is 60.6 Å². The lowest BCUT2D eigenvalue weighted by atomic mass is 9.81. The van der Waals surface area contributed by atoms with Gasteiger partial charge < -0.3 is 15.8 Å². The van der Waals surface area contributed by atoms with Crippen LogP contribution in [0.2, 0.25) is 0 Å². The Labute approximate surface area is 143 Å². The molecule has 0 spiro atoms. The minimum atomic E-state index is 0.0623. The molecule has 0 bridgehead atoms. The fraction of sp³-hybridized carbons (Fsp3) is 0.350. The number of nitrogens with two attached hydrogens (primary N) is 1. The highest BCUT2D eigenvalue weighted by molar-refractivity contribution is 5.91. The summed E-state index contributed by atoms with van der Waals surface area (Å²) in [4.78, 5) is 12.4. The van der Waals surface area contributed by atoms with Crippen LogP contribution in [-0.2, 0) is 11.2 Å². The van der Waals surface area contributed by atoms with Gasteiger partial charge in [0.15, 0.2) is 0 Å². The van der Waals surface area contributed by atoms with Crippen LogP contribution in [0.1, 0.15) is 36.3 Å². The lowest BCUT2D eigenvalue weighted by Crippen LogP contribution is -2.18. The summed E-state index contributed by atoms with van der Waals surface area (Å²) in [7, 11) is 0. The Morgan fingerprint density at radius 2 is 1.96 bits per heavy atom. The van der Waals surface area contributed by atoms with Gasteiger partial charge in [0, 0.05) is 18.7 Å². The second-order valence-electron chi connectivity index (χ2n) is 6.20. The molecule has 3 N–H and O–H groups in total. The van der Waals surface area contributed by atoms with Gasteiger partial charge in [-0.15, -0.1) is 0 Å². The van der Waals surface area contributed by atoms with E-state index in [0.29, 0.717) is 25.5 Å². The summed E-state index contributed by atoms with van der Waals surface area (Å²) >= 11 is 0. The zero-order valence-electron chi connectivity index (χ0n) is 13.8. The molecule has 0 radical (unpaired) electrons. The molecule has 4 nitrogen and oxygen atoms in total. The number of fused-ring (bicyclic) bond motifs is 1. The Hall–Kier alpha value is -2.33. The lowest BCUT2D eigenvalue weighted by Gasteiger charge is -2.25. The van der Waals surface area contributed by atoms with Gasteiger partial charge >= 0.3 is 0 Å². The summed E-state index contributed by atoms with van der Waals surface area (Å²) < 4.78 is 5.44. The molecule has 0 saturated heterocycles. The number of ether oxygens (including phenoxy) is 1. The van der Waals surface area contributed by atoms with Crippen molar-refractivity contribution in [3.05, 3.63) is 59.7 Å². The molecule has 1 aliphatic rings. The molecule has 1 unspecified atom stereocenters. The monoisotopic (exact) mass is 324 g/mol. The Morgan fingerprint density at radius 3 is 2.75 bits per heavy atom. The van der Waals surface area contributed by atoms with Gasteiger partial charge in [-0.3, -0.25) is 4.79 Å². The number of carbonyl (C=O) groups is 1. The van der Waals surface area contributed by atoms with Crippen LogP contribution >= 0.6 is 0 Å². The Balaban J connectivity index is 1.58. The largest absolute Gasteiger partial charge is 0.492 e. The molecule has 2 aromatic carbocycles. The third kappa shape index (κ3) is 4.15. The number of anilines is 1. The van der Waals surface area contributed by atoms with Crippen LogP contribution in [0.25, 0.3) is 0 Å². The summed E-state index contributed by atoms with van der Waals surface area (Å²) in [6.45, 7) is 0.980. The van der Waals surface area contributed by atoms with Gasteiger partial charge in [0.25, 0.3) is 0 Å². The number of amides is 1. The molecule has 1 amide bonds. The Morgan fingerprint density at radius 1 is 1.17 bits per heavy atom. The van der Waals surface area contributed by atoms with Crippen LogP contribution < -0.4 is 15.8 Å². The summed E-state index contributed by atoms with van der Waals surface area (Å²) in [5.74, 6) is 1.15. The van der Waals surface area contributed by atoms with Gasteiger partial charge in [-0.2, -0.15) is 0 Å². The second-order valence-corrected chi connectivity index (χ2v) is 6.20. The van der Waals surface area contributed by atoms with E-state index in [9.17, 15) is 4.79 Å². The molecular formula is C20H24N2O2. The minimum Gasteiger partial charge on any atom is -0.492 e. The first-order valence-electron chi connectivity index (χ1n) is 8.57. The van der Waals surface area contributed by atoms with E-state index in [-0.39, 0.29) is 5.91 Å². The first kappa shape index (κ1) is 16.5. The van der Waals surface area contributed by atoms with Gasteiger partial charge in [0.2, 0.25) is 5.91 Å². The van der Waals surface area contributed by atoms with Crippen LogP contribution in [0.4, 0.5) is 5.69 Å². The summed E-state index contributed by atoms with van der Waals surface area (Å²) in [5, 5.41) is 2.98. The molecule has 3 rings (SSSR count). The second kappa shape index (κ2) is 7.97. The zero-order chi connectivity index (χ0) is 16.8. The van der Waals surface area contributed by atoms with Crippen molar-refractivity contribution in [1.29, 1.82) is 0 Å². The third-order valence-electron chi connectivity index (χ3n) is 4.45. The molecule has 0 heterocycles. The topological polar surface area (TPSA) is 64.3 Å². The number of carbonyl (C=O) groups excluding carboxylic acids is 1. The van der Waals surface area contributed by atoms with Gasteiger partial charge in [-0.1, -0.05) is 24.3 Å². The summed E-state index contributed by atoms with van der Waals surface area (Å²) in [6.07, 6.45) is 3.89. The van der Waals surface area contributed by atoms with Crippen LogP contribution in [0, 0.1) is 0 Å². The van der Waals surface area contributed by atoms with Crippen molar-refractivity contribution in [3.63, 3.8) is 0 Å². The number of nitrogens with one attached hydrogen (secondary N) is 1. The minimum absolute atomic E-state index is 0.0623. The van der Waals surface area contributed by atoms with E-state index >= 15 is 0 Å². The Kier molecular flexibility index (Phi) is 5.49. The molecule has 126 valence electrons. The molecule has 2 aromatic rings. The normalized spacial score (nSPS) is 16.3. The SMILES string of the molecule is NCCOc1ccc(NC(=O)CC2CCCc3ccccc32)cc1. The van der Waals surface area contributed by atoms with Crippen LogP contribution in [0.15, 0.2) is 48.5 Å². The van der Waals surface area contributed by atoms with Gasteiger partial charge in [0.1, 0.15) is 12.4 Å². The summed E-state index contributed by atoms with van der Waals surface area (Å²) in [6, 6.07) is 15.9. The van der Waals surface area contributed by atoms with E-state index in [1.165, 1.54) is 11.1 Å². The van der Waals surface area contributed by atoms with Crippen LogP contribution in [0.3, 0.4) is 0 Å². The average Bonchev–Trinajstić information content (AvgIpc) is 2.61. The molecule has 0 aliphatic heterocycles. The molecule has 0 fully saturated rings. The van der Waals surface area contributed by atoms with Crippen molar-refractivity contribution < 1.29 is 9.53 Å². The number of hydrogen-bond donors (Lipinski definition) is 2. The van der Waals surface area contributed by atoms with E-state index in [0.717, 1.165) is 30.7 Å². The maximum Gasteiger partial charge on any atom is 0.224 e. The van der Waals surface area contributed by atoms with Crippen molar-refractivity contribution in [2.75, 3.05) is 18.5 Å². The number of aryl methyl sites for hydroxylation is 1. The Bertz CT molecular complexity index is 682. The molecular weight excluding hydrogens is 300 g/mol. The standard InChI is InChI=1S/C20H24N2O2/c21-12-13-24-18-10-8-17(9-11-18)22-20(23)14-16-6-3-5-15-4-1-2-7-19(15)16/h1-2,4,7-11,16H,3,5-6,12-14,21H2,(H,22,23). The maximum atomic E-state index is 12.4. The highest BCUT2D eigenvalue weighted by Gasteiger charge is 2.22. The molecule has 0 saturated carbocycles. The first-order chi connectivity index (χ1) is 11.8. The fourth-order valence-electron chi connectivity index (χ4n) is 3.31. The molecule has 4 heteroatoms. The highest BCUT2D eigenvalue weighted by atomic mass is 16.5. The quantitative estimate of drug-likeness (QED) is 0.855. The van der Waals surface area contributed by atoms with Gasteiger partial charge in [-0.25, -0.2) is 0 Å². The number of hydrogen-bond acceptors (Lipinski definition) is 3. The van der Waals surface area contributed by atoms with Crippen LogP contribution in [-0.4, -0.2) is 19.1 Å². The number of rotatable bonds is 6. The first-order valence-corrected chi connectivity index (χ1v) is 8.57. The third-order valence-corrected chi connectivity index (χ3v) is 4.45. The van der Waals surface area contributed by atoms with Crippen molar-refractivity contribution in [1.82, 2.24) is 0 Å². The van der Waals surface area contributed by atoms with E-state index in [1.54, 1.807) is 0 Å². The highest BCUT2D eigenvalue weighted by Crippen LogP contribution is 2.34. The smallest absolute Gasteiger partial charge is 0.224 e.